The summed E-state index contributed by atoms with van der Waals surface area (Å²) in [7, 11) is 0. The van der Waals surface area contributed by atoms with Gasteiger partial charge in [0.15, 0.2) is 0 Å². The molecule has 0 aliphatic carbocycles. The molecule has 3 rings (SSSR count). The number of anilines is 1. The van der Waals surface area contributed by atoms with Crippen LogP contribution in [0.25, 0.3) is 0 Å². The van der Waals surface area contributed by atoms with E-state index in [1.165, 1.54) is 6.07 Å². The Morgan fingerprint density at radius 3 is 2.38 bits per heavy atom. The third-order valence-electron chi connectivity index (χ3n) is 4.13. The Balaban J connectivity index is 1.86. The highest BCUT2D eigenvalue weighted by Crippen LogP contribution is 2.28. The van der Waals surface area contributed by atoms with E-state index in [0.29, 0.717) is 0 Å². The smallest absolute Gasteiger partial charge is 0.246 e. The summed E-state index contributed by atoms with van der Waals surface area (Å²) < 4.78 is 27.8. The van der Waals surface area contributed by atoms with Gasteiger partial charge in [0.25, 0.3) is 0 Å². The minimum absolute atomic E-state index is 0.0114. The second kappa shape index (κ2) is 7.40. The first kappa shape index (κ1) is 17.0. The summed E-state index contributed by atoms with van der Waals surface area (Å²) in [6.07, 6.45) is 2.07. The van der Waals surface area contributed by atoms with E-state index < -0.39 is 17.7 Å². The minimum atomic E-state index is -0.778. The van der Waals surface area contributed by atoms with E-state index in [4.69, 9.17) is 0 Å². The van der Waals surface area contributed by atoms with Gasteiger partial charge >= 0.3 is 0 Å². The lowest BCUT2D eigenvalue weighted by molar-refractivity contribution is -0.121. The van der Waals surface area contributed by atoms with Crippen LogP contribution >= 0.6 is 15.9 Å². The van der Waals surface area contributed by atoms with Crippen molar-refractivity contribution >= 4 is 27.5 Å². The van der Waals surface area contributed by atoms with Crippen LogP contribution in [-0.4, -0.2) is 23.9 Å². The first-order valence-electron chi connectivity index (χ1n) is 7.80. The molecule has 0 bridgehead atoms. The maximum absolute atomic E-state index is 13.8. The molecular formula is C18H17BrF2N2O. The highest BCUT2D eigenvalue weighted by Gasteiger charge is 2.30. The zero-order valence-corrected chi connectivity index (χ0v) is 14.5. The van der Waals surface area contributed by atoms with E-state index >= 15 is 0 Å². The molecule has 0 aromatic heterocycles. The Morgan fingerprint density at radius 2 is 1.75 bits per heavy atom. The zero-order valence-electron chi connectivity index (χ0n) is 12.9. The summed E-state index contributed by atoms with van der Waals surface area (Å²) in [5, 5.41) is 2.59. The zero-order chi connectivity index (χ0) is 17.1. The number of carbonyl (C=O) groups excluding carboxylic acids is 1. The lowest BCUT2D eigenvalue weighted by Gasteiger charge is -2.27. The molecule has 6 heteroatoms. The maximum atomic E-state index is 13.8. The van der Waals surface area contributed by atoms with Crippen molar-refractivity contribution < 1.29 is 13.6 Å². The van der Waals surface area contributed by atoms with Crippen LogP contribution in [0.5, 0.6) is 0 Å². The van der Waals surface area contributed by atoms with Crippen LogP contribution in [0, 0.1) is 11.6 Å². The number of amides is 1. The molecule has 1 atom stereocenters. The maximum Gasteiger partial charge on any atom is 0.246 e. The van der Waals surface area contributed by atoms with Crippen molar-refractivity contribution in [1.82, 2.24) is 4.90 Å². The average Bonchev–Trinajstić information content (AvgIpc) is 3.06. The molecule has 0 saturated carbocycles. The lowest BCUT2D eigenvalue weighted by atomic mass is 10.0. The van der Waals surface area contributed by atoms with Gasteiger partial charge in [0.2, 0.25) is 5.91 Å². The third-order valence-corrected chi connectivity index (χ3v) is 4.66. The van der Waals surface area contributed by atoms with Gasteiger partial charge in [-0.1, -0.05) is 28.1 Å². The molecule has 0 spiro atoms. The summed E-state index contributed by atoms with van der Waals surface area (Å²) in [5.74, 6) is -1.77. The van der Waals surface area contributed by atoms with Crippen LogP contribution in [-0.2, 0) is 4.79 Å². The van der Waals surface area contributed by atoms with Crippen LogP contribution in [0.4, 0.5) is 14.5 Å². The average molecular weight is 395 g/mol. The first-order valence-corrected chi connectivity index (χ1v) is 8.59. The van der Waals surface area contributed by atoms with Crippen molar-refractivity contribution in [2.75, 3.05) is 18.4 Å². The molecule has 2 aromatic carbocycles. The molecule has 1 heterocycles. The fourth-order valence-electron chi connectivity index (χ4n) is 2.96. The second-order valence-electron chi connectivity index (χ2n) is 5.81. The molecule has 0 unspecified atom stereocenters. The fraction of sp³-hybridized carbons (Fsp3) is 0.278. The van der Waals surface area contributed by atoms with Crippen LogP contribution in [0.15, 0.2) is 46.9 Å². The number of carbonyl (C=O) groups is 1. The third kappa shape index (κ3) is 3.82. The van der Waals surface area contributed by atoms with E-state index in [1.807, 2.05) is 24.3 Å². The van der Waals surface area contributed by atoms with Crippen LogP contribution in [0.3, 0.4) is 0 Å². The molecule has 1 amide bonds. The van der Waals surface area contributed by atoms with E-state index in [-0.39, 0.29) is 11.6 Å². The monoisotopic (exact) mass is 394 g/mol. The lowest BCUT2D eigenvalue weighted by Crippen LogP contribution is -2.35. The number of hydrogen-bond donors (Lipinski definition) is 1. The number of rotatable bonds is 4. The standard InChI is InChI=1S/C18H17BrF2N2O/c19-13-5-3-12(4-6-13)17(23-9-1-2-10-23)18(24)22-16-8-7-14(20)11-15(16)21/h3-8,11,17H,1-2,9-10H2,(H,22,24)/t17-/m1/s1. The normalized spacial score (nSPS) is 16.1. The van der Waals surface area contributed by atoms with E-state index in [1.54, 1.807) is 0 Å². The molecule has 3 nitrogen and oxygen atoms in total. The number of benzene rings is 2. The molecule has 1 saturated heterocycles. The molecule has 24 heavy (non-hydrogen) atoms. The van der Waals surface area contributed by atoms with E-state index in [2.05, 4.69) is 26.1 Å². The summed E-state index contributed by atoms with van der Waals surface area (Å²) in [5.41, 5.74) is 0.836. The van der Waals surface area contributed by atoms with Gasteiger partial charge in [-0.3, -0.25) is 9.69 Å². The number of likely N-dealkylation sites (tertiary alicyclic amines) is 1. The fourth-order valence-corrected chi connectivity index (χ4v) is 3.23. The number of hydrogen-bond acceptors (Lipinski definition) is 2. The Kier molecular flexibility index (Phi) is 5.26. The Hall–Kier alpha value is -1.79. The molecule has 0 radical (unpaired) electrons. The van der Waals surface area contributed by atoms with Crippen molar-refractivity contribution in [3.63, 3.8) is 0 Å². The van der Waals surface area contributed by atoms with Gasteiger partial charge < -0.3 is 5.32 Å². The summed E-state index contributed by atoms with van der Waals surface area (Å²) in [4.78, 5) is 14.9. The van der Waals surface area contributed by atoms with Crippen molar-refractivity contribution in [3.8, 4) is 0 Å². The topological polar surface area (TPSA) is 32.3 Å². The van der Waals surface area contributed by atoms with E-state index in [0.717, 1.165) is 48.1 Å². The molecule has 1 N–H and O–H groups in total. The van der Waals surface area contributed by atoms with Gasteiger partial charge in [0.1, 0.15) is 17.7 Å². The summed E-state index contributed by atoms with van der Waals surface area (Å²) in [6, 6.07) is 10.2. The Labute approximate surface area is 147 Å². The molecule has 1 aliphatic rings. The molecule has 126 valence electrons. The van der Waals surface area contributed by atoms with Crippen molar-refractivity contribution in [2.45, 2.75) is 18.9 Å². The number of nitrogens with one attached hydrogen (secondary N) is 1. The summed E-state index contributed by atoms with van der Waals surface area (Å²) >= 11 is 3.39. The largest absolute Gasteiger partial charge is 0.322 e. The van der Waals surface area contributed by atoms with Crippen LogP contribution < -0.4 is 5.32 Å². The van der Waals surface area contributed by atoms with Crippen molar-refractivity contribution in [2.24, 2.45) is 0 Å². The molecule has 1 aliphatic heterocycles. The summed E-state index contributed by atoms with van der Waals surface area (Å²) in [6.45, 7) is 1.64. The molecule has 2 aromatic rings. The highest BCUT2D eigenvalue weighted by atomic mass is 79.9. The van der Waals surface area contributed by atoms with Crippen molar-refractivity contribution in [3.05, 3.63) is 64.1 Å². The predicted octanol–water partition coefficient (Wildman–Crippen LogP) is 4.50. The Morgan fingerprint density at radius 1 is 1.08 bits per heavy atom. The van der Waals surface area contributed by atoms with Gasteiger partial charge in [-0.15, -0.1) is 0 Å². The van der Waals surface area contributed by atoms with Gasteiger partial charge in [-0.05, 0) is 55.8 Å². The van der Waals surface area contributed by atoms with Gasteiger partial charge in [0, 0.05) is 10.5 Å². The van der Waals surface area contributed by atoms with E-state index in [9.17, 15) is 13.6 Å². The quantitative estimate of drug-likeness (QED) is 0.827. The first-order chi connectivity index (χ1) is 11.5. The SMILES string of the molecule is O=C(Nc1ccc(F)cc1F)[C@@H](c1ccc(Br)cc1)N1CCCC1. The Bertz CT molecular complexity index is 730. The highest BCUT2D eigenvalue weighted by molar-refractivity contribution is 9.10. The number of halogens is 3. The van der Waals surface area contributed by atoms with Crippen LogP contribution in [0.1, 0.15) is 24.4 Å². The second-order valence-corrected chi connectivity index (χ2v) is 6.73. The predicted molar refractivity (Wildman–Crippen MR) is 92.7 cm³/mol. The van der Waals surface area contributed by atoms with Gasteiger partial charge in [-0.25, -0.2) is 8.78 Å². The molecule has 1 fully saturated rings. The van der Waals surface area contributed by atoms with Gasteiger partial charge in [0.05, 0.1) is 5.69 Å². The van der Waals surface area contributed by atoms with Crippen molar-refractivity contribution in [1.29, 1.82) is 0 Å². The van der Waals surface area contributed by atoms with Gasteiger partial charge in [-0.2, -0.15) is 0 Å². The molecular weight excluding hydrogens is 378 g/mol. The number of nitrogens with zero attached hydrogens (tertiary/aromatic N) is 1. The van der Waals surface area contributed by atoms with Crippen LogP contribution in [0.2, 0.25) is 0 Å². The minimum Gasteiger partial charge on any atom is -0.322 e.